The molecule has 112 valence electrons. The monoisotopic (exact) mass is 329 g/mol. The van der Waals surface area contributed by atoms with Crippen molar-refractivity contribution in [3.63, 3.8) is 0 Å². The normalized spacial score (nSPS) is 20.0. The van der Waals surface area contributed by atoms with Crippen molar-refractivity contribution in [3.05, 3.63) is 52.2 Å². The van der Waals surface area contributed by atoms with Gasteiger partial charge in [0.25, 0.3) is 0 Å². The summed E-state index contributed by atoms with van der Waals surface area (Å²) in [6.45, 7) is 0.393. The highest BCUT2D eigenvalue weighted by Crippen LogP contribution is 2.38. The molecule has 0 unspecified atom stereocenters. The number of nitrogens with zero attached hydrogens (tertiary/aromatic N) is 1. The van der Waals surface area contributed by atoms with E-state index in [0.29, 0.717) is 6.54 Å². The summed E-state index contributed by atoms with van der Waals surface area (Å²) in [5.41, 5.74) is 0. The highest BCUT2D eigenvalue weighted by molar-refractivity contribution is 7.89. The van der Waals surface area contributed by atoms with Crippen LogP contribution in [0, 0.1) is 11.6 Å². The van der Waals surface area contributed by atoms with Gasteiger partial charge in [-0.2, -0.15) is 4.31 Å². The first kappa shape index (κ1) is 14.6. The number of hydrogen-bond acceptors (Lipinski definition) is 3. The van der Waals surface area contributed by atoms with Gasteiger partial charge in [-0.15, -0.1) is 11.3 Å². The lowest BCUT2D eigenvalue weighted by molar-refractivity contribution is 0.400. The van der Waals surface area contributed by atoms with Gasteiger partial charge >= 0.3 is 0 Å². The summed E-state index contributed by atoms with van der Waals surface area (Å²) in [6.07, 6.45) is 1.49. The topological polar surface area (TPSA) is 37.4 Å². The molecule has 1 aliphatic rings. The zero-order valence-corrected chi connectivity index (χ0v) is 12.6. The van der Waals surface area contributed by atoms with E-state index in [1.165, 1.54) is 15.6 Å². The van der Waals surface area contributed by atoms with E-state index >= 15 is 0 Å². The second-order valence-corrected chi connectivity index (χ2v) is 7.73. The van der Waals surface area contributed by atoms with Crippen molar-refractivity contribution in [2.75, 3.05) is 6.54 Å². The lowest BCUT2D eigenvalue weighted by Gasteiger charge is -2.23. The van der Waals surface area contributed by atoms with Gasteiger partial charge in [-0.1, -0.05) is 6.07 Å². The summed E-state index contributed by atoms with van der Waals surface area (Å²) < 4.78 is 53.0. The maximum absolute atomic E-state index is 13.3. The predicted molar refractivity (Wildman–Crippen MR) is 76.5 cm³/mol. The Hall–Kier alpha value is -1.31. The van der Waals surface area contributed by atoms with Crippen LogP contribution in [0.2, 0.25) is 0 Å². The van der Waals surface area contributed by atoms with E-state index in [1.807, 2.05) is 17.5 Å². The summed E-state index contributed by atoms with van der Waals surface area (Å²) in [6, 6.07) is 6.25. The Balaban J connectivity index is 1.99. The van der Waals surface area contributed by atoms with Gasteiger partial charge in [0.05, 0.1) is 10.9 Å². The van der Waals surface area contributed by atoms with Crippen molar-refractivity contribution in [3.8, 4) is 0 Å². The van der Waals surface area contributed by atoms with Crippen molar-refractivity contribution >= 4 is 21.4 Å². The Kier molecular flexibility index (Phi) is 3.81. The molecule has 0 N–H and O–H groups in total. The maximum atomic E-state index is 13.3. The van der Waals surface area contributed by atoms with E-state index in [-0.39, 0.29) is 10.9 Å². The van der Waals surface area contributed by atoms with Crippen molar-refractivity contribution in [2.45, 2.75) is 23.8 Å². The molecule has 1 aromatic heterocycles. The number of hydrogen-bond donors (Lipinski definition) is 0. The van der Waals surface area contributed by atoms with Gasteiger partial charge in [0.1, 0.15) is 0 Å². The SMILES string of the molecule is O=S(=O)(c1ccc(F)c(F)c1)N1CCC[C@H]1c1cccs1. The smallest absolute Gasteiger partial charge is 0.207 e. The Labute approximate surface area is 125 Å². The summed E-state index contributed by atoms with van der Waals surface area (Å²) in [5, 5.41) is 1.90. The molecular formula is C14H13F2NO2S2. The Morgan fingerprint density at radius 3 is 2.67 bits per heavy atom. The molecule has 1 atom stereocenters. The van der Waals surface area contributed by atoms with Gasteiger partial charge in [0, 0.05) is 11.4 Å². The van der Waals surface area contributed by atoms with Crippen LogP contribution in [-0.4, -0.2) is 19.3 Å². The number of benzene rings is 1. The van der Waals surface area contributed by atoms with E-state index in [9.17, 15) is 17.2 Å². The van der Waals surface area contributed by atoms with Crippen LogP contribution in [0.1, 0.15) is 23.8 Å². The lowest BCUT2D eigenvalue weighted by atomic mass is 10.2. The first-order chi connectivity index (χ1) is 10.00. The molecule has 2 aromatic rings. The third-order valence-corrected chi connectivity index (χ3v) is 6.45. The fourth-order valence-corrected chi connectivity index (χ4v) is 5.19. The highest BCUT2D eigenvalue weighted by Gasteiger charge is 2.36. The van der Waals surface area contributed by atoms with Crippen molar-refractivity contribution < 1.29 is 17.2 Å². The first-order valence-corrected chi connectivity index (χ1v) is 8.82. The van der Waals surface area contributed by atoms with Crippen LogP contribution < -0.4 is 0 Å². The molecule has 1 saturated heterocycles. The molecule has 2 heterocycles. The predicted octanol–water partition coefficient (Wildman–Crippen LogP) is 3.55. The maximum Gasteiger partial charge on any atom is 0.243 e. The third-order valence-electron chi connectivity index (χ3n) is 3.57. The molecule has 1 aliphatic heterocycles. The molecule has 0 radical (unpaired) electrons. The van der Waals surface area contributed by atoms with Gasteiger partial charge in [-0.3, -0.25) is 0 Å². The molecule has 3 nitrogen and oxygen atoms in total. The zero-order chi connectivity index (χ0) is 15.0. The van der Waals surface area contributed by atoms with Crippen LogP contribution in [0.4, 0.5) is 8.78 Å². The lowest BCUT2D eigenvalue weighted by Crippen LogP contribution is -2.30. The second kappa shape index (κ2) is 5.47. The minimum atomic E-state index is -3.82. The summed E-state index contributed by atoms with van der Waals surface area (Å²) in [4.78, 5) is 0.767. The van der Waals surface area contributed by atoms with E-state index in [1.54, 1.807) is 0 Å². The molecule has 21 heavy (non-hydrogen) atoms. The van der Waals surface area contributed by atoms with Crippen LogP contribution in [0.25, 0.3) is 0 Å². The molecule has 0 amide bonds. The number of halogens is 2. The largest absolute Gasteiger partial charge is 0.243 e. The van der Waals surface area contributed by atoms with E-state index in [2.05, 4.69) is 0 Å². The van der Waals surface area contributed by atoms with Gasteiger partial charge in [0.2, 0.25) is 10.0 Å². The van der Waals surface area contributed by atoms with Crippen LogP contribution in [-0.2, 0) is 10.0 Å². The van der Waals surface area contributed by atoms with Gasteiger partial charge in [-0.05, 0) is 42.5 Å². The molecule has 0 spiro atoms. The molecule has 1 aromatic carbocycles. The fourth-order valence-electron chi connectivity index (χ4n) is 2.57. The molecule has 7 heteroatoms. The first-order valence-electron chi connectivity index (χ1n) is 6.50. The summed E-state index contributed by atoms with van der Waals surface area (Å²) >= 11 is 1.50. The Bertz CT molecular complexity index is 744. The standard InChI is InChI=1S/C14H13F2NO2S2/c15-11-6-5-10(9-12(11)16)21(18,19)17-7-1-3-13(17)14-4-2-8-20-14/h2,4-6,8-9,13H,1,3,7H2/t13-/m0/s1. The van der Waals surface area contributed by atoms with Crippen LogP contribution in [0.3, 0.4) is 0 Å². The number of thiophene rings is 1. The van der Waals surface area contributed by atoms with E-state index in [4.69, 9.17) is 0 Å². The van der Waals surface area contributed by atoms with E-state index in [0.717, 1.165) is 35.9 Å². The number of sulfonamides is 1. The summed E-state index contributed by atoms with van der Waals surface area (Å²) in [7, 11) is -3.82. The molecular weight excluding hydrogens is 316 g/mol. The Morgan fingerprint density at radius 1 is 1.19 bits per heavy atom. The quantitative estimate of drug-likeness (QED) is 0.863. The molecule has 1 fully saturated rings. The van der Waals surface area contributed by atoms with Crippen LogP contribution in [0.15, 0.2) is 40.6 Å². The van der Waals surface area contributed by atoms with Gasteiger partial charge in [0.15, 0.2) is 11.6 Å². The Morgan fingerprint density at radius 2 is 2.00 bits per heavy atom. The molecule has 0 bridgehead atoms. The second-order valence-electron chi connectivity index (χ2n) is 4.87. The van der Waals surface area contributed by atoms with E-state index < -0.39 is 21.7 Å². The molecule has 3 rings (SSSR count). The third kappa shape index (κ3) is 2.61. The van der Waals surface area contributed by atoms with Gasteiger partial charge in [-0.25, -0.2) is 17.2 Å². The molecule has 0 saturated carbocycles. The van der Waals surface area contributed by atoms with Gasteiger partial charge < -0.3 is 0 Å². The van der Waals surface area contributed by atoms with Crippen molar-refractivity contribution in [1.29, 1.82) is 0 Å². The highest BCUT2D eigenvalue weighted by atomic mass is 32.2. The average Bonchev–Trinajstić information content (AvgIpc) is 3.11. The number of rotatable bonds is 3. The van der Waals surface area contributed by atoms with Crippen molar-refractivity contribution in [1.82, 2.24) is 4.31 Å². The molecule has 0 aliphatic carbocycles. The average molecular weight is 329 g/mol. The zero-order valence-electron chi connectivity index (χ0n) is 11.0. The fraction of sp³-hybridized carbons (Fsp3) is 0.286. The van der Waals surface area contributed by atoms with Crippen LogP contribution in [0.5, 0.6) is 0 Å². The van der Waals surface area contributed by atoms with Crippen LogP contribution >= 0.6 is 11.3 Å². The van der Waals surface area contributed by atoms with Crippen molar-refractivity contribution in [2.24, 2.45) is 0 Å². The minimum Gasteiger partial charge on any atom is -0.207 e. The minimum absolute atomic E-state index is 0.204. The summed E-state index contributed by atoms with van der Waals surface area (Å²) in [5.74, 6) is -2.20.